The fourth-order valence-corrected chi connectivity index (χ4v) is 6.99. The van der Waals surface area contributed by atoms with Gasteiger partial charge in [0.25, 0.3) is 10.1 Å². The van der Waals surface area contributed by atoms with Crippen LogP contribution in [0.15, 0.2) is 24.3 Å². The second-order valence-corrected chi connectivity index (χ2v) is 13.4. The Labute approximate surface area is 189 Å². The molecule has 1 aromatic carbocycles. The number of hydrogen-bond donors (Lipinski definition) is 0. The highest BCUT2D eigenvalue weighted by Crippen LogP contribution is 2.53. The molecule has 1 aliphatic heterocycles. The summed E-state index contributed by atoms with van der Waals surface area (Å²) in [6, 6.07) is 9.03. The van der Waals surface area contributed by atoms with Crippen molar-refractivity contribution in [1.82, 2.24) is 5.06 Å². The van der Waals surface area contributed by atoms with Crippen LogP contribution in [-0.4, -0.2) is 45.4 Å². The van der Waals surface area contributed by atoms with E-state index in [-0.39, 0.29) is 6.04 Å². The molecule has 2 aliphatic carbocycles. The van der Waals surface area contributed by atoms with Crippen molar-refractivity contribution in [3.05, 3.63) is 29.8 Å². The molecule has 4 rings (SSSR count). The predicted octanol–water partition coefficient (Wildman–Crippen LogP) is 5.19. The maximum atomic E-state index is 11.8. The highest BCUT2D eigenvalue weighted by molar-refractivity contribution is 7.85. The van der Waals surface area contributed by atoms with Gasteiger partial charge in [0.05, 0.1) is 12.3 Å². The van der Waals surface area contributed by atoms with Gasteiger partial charge in [0.1, 0.15) is 0 Å². The van der Waals surface area contributed by atoms with Crippen molar-refractivity contribution in [3.63, 3.8) is 0 Å². The number of para-hydroxylation sites is 1. The fourth-order valence-electron chi connectivity index (χ4n) is 6.45. The Morgan fingerprint density at radius 2 is 1.68 bits per heavy atom. The van der Waals surface area contributed by atoms with Gasteiger partial charge in [-0.1, -0.05) is 58.7 Å². The lowest BCUT2D eigenvalue weighted by atomic mass is 9.60. The number of rotatable bonds is 6. The Morgan fingerprint density at radius 1 is 1.03 bits per heavy atom. The van der Waals surface area contributed by atoms with Gasteiger partial charge in [-0.25, -0.2) is 0 Å². The highest BCUT2D eigenvalue weighted by atomic mass is 32.2. The molecule has 0 amide bonds. The first-order valence-electron chi connectivity index (χ1n) is 11.9. The molecule has 3 fully saturated rings. The van der Waals surface area contributed by atoms with E-state index >= 15 is 0 Å². The average Bonchev–Trinajstić information content (AvgIpc) is 3.43. The van der Waals surface area contributed by atoms with Crippen LogP contribution >= 0.6 is 0 Å². The van der Waals surface area contributed by atoms with Crippen LogP contribution in [0.3, 0.4) is 0 Å². The fraction of sp³-hybridized carbons (Fsp3) is 0.760. The summed E-state index contributed by atoms with van der Waals surface area (Å²) in [5, 5.41) is 1.74. The molecule has 0 radical (unpaired) electrons. The molecule has 2 saturated carbocycles. The van der Waals surface area contributed by atoms with Crippen LogP contribution in [0.1, 0.15) is 77.7 Å². The first-order chi connectivity index (χ1) is 14.4. The van der Waals surface area contributed by atoms with Crippen molar-refractivity contribution in [2.45, 2.75) is 78.2 Å². The maximum Gasteiger partial charge on any atom is 0.280 e. The van der Waals surface area contributed by atoms with Crippen molar-refractivity contribution in [1.29, 1.82) is 0 Å². The van der Waals surface area contributed by atoms with E-state index in [0.29, 0.717) is 29.2 Å². The molecule has 0 bridgehead atoms. The third-order valence-corrected chi connectivity index (χ3v) is 7.70. The largest absolute Gasteiger partial charge is 0.368 e. The van der Waals surface area contributed by atoms with Crippen molar-refractivity contribution < 1.29 is 12.7 Å². The zero-order valence-corrected chi connectivity index (χ0v) is 20.7. The zero-order valence-electron chi connectivity index (χ0n) is 19.9. The van der Waals surface area contributed by atoms with Crippen LogP contribution in [0.2, 0.25) is 0 Å². The summed E-state index contributed by atoms with van der Waals surface area (Å²) in [6.07, 6.45) is 8.38. The summed E-state index contributed by atoms with van der Waals surface area (Å²) in [4.78, 5) is 2.49. The number of nitrogens with zero attached hydrogens (tertiary/aromatic N) is 2. The van der Waals surface area contributed by atoms with Gasteiger partial charge in [-0.05, 0) is 60.0 Å². The Morgan fingerprint density at radius 3 is 2.29 bits per heavy atom. The van der Waals surface area contributed by atoms with E-state index in [2.05, 4.69) is 56.9 Å². The first kappa shape index (κ1) is 23.1. The molecule has 0 spiro atoms. The summed E-state index contributed by atoms with van der Waals surface area (Å²) in [6.45, 7) is 11.9. The van der Waals surface area contributed by atoms with E-state index < -0.39 is 10.1 Å². The van der Waals surface area contributed by atoms with E-state index in [1.807, 2.05) is 0 Å². The summed E-state index contributed by atoms with van der Waals surface area (Å²) in [5.74, 6) is 1.27. The number of anilines is 1. The quantitative estimate of drug-likeness (QED) is 0.599. The van der Waals surface area contributed by atoms with Crippen LogP contribution in [0.25, 0.3) is 0 Å². The molecule has 1 atom stereocenters. The van der Waals surface area contributed by atoms with E-state index in [1.165, 1.54) is 43.4 Å². The number of piperazine rings is 1. The van der Waals surface area contributed by atoms with E-state index in [0.717, 1.165) is 25.8 Å². The van der Waals surface area contributed by atoms with Crippen LogP contribution in [0.5, 0.6) is 0 Å². The predicted molar refractivity (Wildman–Crippen MR) is 127 cm³/mol. The van der Waals surface area contributed by atoms with Crippen molar-refractivity contribution in [2.24, 2.45) is 16.7 Å². The van der Waals surface area contributed by atoms with E-state index in [1.54, 1.807) is 5.06 Å². The van der Waals surface area contributed by atoms with Crippen LogP contribution < -0.4 is 4.90 Å². The minimum Gasteiger partial charge on any atom is -0.368 e. The number of benzene rings is 1. The molecule has 31 heavy (non-hydrogen) atoms. The molecule has 1 aromatic rings. The van der Waals surface area contributed by atoms with Gasteiger partial charge in [-0.2, -0.15) is 17.8 Å². The molecule has 1 heterocycles. The Hall–Kier alpha value is -1.11. The first-order valence-corrected chi connectivity index (χ1v) is 13.7. The SMILES string of the molecule is CC1(C)CC(c2ccccc2N2CCN(OS(C)(=O)=O)C(CC3CC3)C2)CC(C)(C)C1. The average molecular weight is 449 g/mol. The Balaban J connectivity index is 1.57. The van der Waals surface area contributed by atoms with Gasteiger partial charge in [0.2, 0.25) is 0 Å². The lowest BCUT2D eigenvalue weighted by Gasteiger charge is -2.47. The van der Waals surface area contributed by atoms with Crippen LogP contribution in [-0.2, 0) is 14.4 Å². The summed E-state index contributed by atoms with van der Waals surface area (Å²) < 4.78 is 29.0. The Kier molecular flexibility index (Phi) is 6.21. The monoisotopic (exact) mass is 448 g/mol. The van der Waals surface area contributed by atoms with Crippen LogP contribution in [0, 0.1) is 16.7 Å². The van der Waals surface area contributed by atoms with Gasteiger partial charge < -0.3 is 4.90 Å². The van der Waals surface area contributed by atoms with E-state index in [9.17, 15) is 8.42 Å². The maximum absolute atomic E-state index is 11.8. The summed E-state index contributed by atoms with van der Waals surface area (Å²) >= 11 is 0. The third-order valence-electron chi connectivity index (χ3n) is 7.23. The topological polar surface area (TPSA) is 49.9 Å². The lowest BCUT2D eigenvalue weighted by Crippen LogP contribution is -2.54. The van der Waals surface area contributed by atoms with Crippen LogP contribution in [0.4, 0.5) is 5.69 Å². The van der Waals surface area contributed by atoms with Gasteiger partial charge in [-0.3, -0.25) is 0 Å². The van der Waals surface area contributed by atoms with Crippen molar-refractivity contribution >= 4 is 15.8 Å². The molecule has 0 aromatic heterocycles. The third kappa shape index (κ3) is 6.02. The second-order valence-electron chi connectivity index (χ2n) is 11.9. The smallest absolute Gasteiger partial charge is 0.280 e. The lowest BCUT2D eigenvalue weighted by molar-refractivity contribution is -0.0976. The number of hydroxylamine groups is 2. The minimum absolute atomic E-state index is 0.114. The molecule has 3 aliphatic rings. The molecule has 0 N–H and O–H groups in total. The minimum atomic E-state index is -3.50. The molecule has 1 saturated heterocycles. The molecule has 1 unspecified atom stereocenters. The number of hydrogen-bond acceptors (Lipinski definition) is 5. The summed E-state index contributed by atoms with van der Waals surface area (Å²) in [7, 11) is -3.50. The normalized spacial score (nSPS) is 27.4. The van der Waals surface area contributed by atoms with Gasteiger partial charge in [0.15, 0.2) is 0 Å². The molecular formula is C25H40N2O3S. The van der Waals surface area contributed by atoms with Gasteiger partial charge in [0, 0.05) is 25.3 Å². The standard InChI is InChI=1S/C25H40N2O3S/c1-24(2)15-20(16-25(3,4)18-24)22-8-6-7-9-23(22)26-12-13-27(30-31(5,28)29)21(17-26)14-19-10-11-19/h6-9,19-21H,10-18H2,1-5H3. The molecule has 174 valence electrons. The van der Waals surface area contributed by atoms with E-state index in [4.69, 9.17) is 4.28 Å². The highest BCUT2D eigenvalue weighted by Gasteiger charge is 2.41. The molecule has 5 nitrogen and oxygen atoms in total. The molecule has 6 heteroatoms. The van der Waals surface area contributed by atoms with Gasteiger partial charge in [-0.15, -0.1) is 0 Å². The summed E-state index contributed by atoms with van der Waals surface area (Å²) in [5.41, 5.74) is 3.48. The second kappa shape index (κ2) is 8.35. The van der Waals surface area contributed by atoms with Gasteiger partial charge >= 0.3 is 0 Å². The zero-order chi connectivity index (χ0) is 22.4. The van der Waals surface area contributed by atoms with Crippen molar-refractivity contribution in [2.75, 3.05) is 30.8 Å². The Bertz CT molecular complexity index is 876. The van der Waals surface area contributed by atoms with Crippen molar-refractivity contribution in [3.8, 4) is 0 Å². The molecular weight excluding hydrogens is 408 g/mol.